The standard InChI is InChI=1S/C40H26N3O2/c1-4-13-27(14-5-1)36-33-23-24-35-37(39(33)44-38(36)28-15-6-2-7-16-28)32-21-10-11-22-34(32)43(35)31-20-12-17-29(25-31)40-41-26-42(45-40)30-18-8-3-9-19-30/h1-26H/q+1. The Balaban J connectivity index is 1.28. The highest BCUT2D eigenvalue weighted by Gasteiger charge is 2.24. The van der Waals surface area contributed by atoms with Crippen LogP contribution in [0.2, 0.25) is 0 Å². The number of nitrogens with zero attached hydrogens (tertiary/aromatic N) is 3. The van der Waals surface area contributed by atoms with E-state index in [0.717, 1.165) is 72.2 Å². The summed E-state index contributed by atoms with van der Waals surface area (Å²) < 4.78 is 17.0. The molecule has 212 valence electrons. The van der Waals surface area contributed by atoms with E-state index in [-0.39, 0.29) is 0 Å². The van der Waals surface area contributed by atoms with Crippen molar-refractivity contribution in [3.63, 3.8) is 0 Å². The van der Waals surface area contributed by atoms with Crippen molar-refractivity contribution in [2.75, 3.05) is 0 Å². The summed E-state index contributed by atoms with van der Waals surface area (Å²) in [6, 6.07) is 52.1. The summed E-state index contributed by atoms with van der Waals surface area (Å²) in [6.45, 7) is 0. The SMILES string of the molecule is c1ccc(-c2oc3c(ccc4c3c3ccccc3n4-c3cccc(-c4nc[n+](-c5ccccc5)o4)c3)c2-c2ccccc2)cc1. The molecule has 0 aliphatic heterocycles. The highest BCUT2D eigenvalue weighted by Crippen LogP contribution is 2.46. The summed E-state index contributed by atoms with van der Waals surface area (Å²) in [5.41, 5.74) is 9.16. The molecule has 0 fully saturated rings. The van der Waals surface area contributed by atoms with Crippen molar-refractivity contribution >= 4 is 32.8 Å². The number of furan rings is 1. The molecule has 0 unspecified atom stereocenters. The monoisotopic (exact) mass is 580 g/mol. The van der Waals surface area contributed by atoms with Crippen molar-refractivity contribution in [2.45, 2.75) is 0 Å². The number of rotatable bonds is 5. The Morgan fingerprint density at radius 2 is 1.24 bits per heavy atom. The molecule has 0 N–H and O–H groups in total. The molecule has 0 saturated carbocycles. The summed E-state index contributed by atoms with van der Waals surface area (Å²) in [6.07, 6.45) is 1.71. The number of hydrogen-bond acceptors (Lipinski definition) is 3. The highest BCUT2D eigenvalue weighted by molar-refractivity contribution is 6.22. The maximum atomic E-state index is 6.91. The number of benzene rings is 6. The highest BCUT2D eigenvalue weighted by atomic mass is 16.5. The van der Waals surface area contributed by atoms with E-state index in [1.165, 1.54) is 0 Å². The maximum absolute atomic E-state index is 6.91. The zero-order valence-corrected chi connectivity index (χ0v) is 24.2. The van der Waals surface area contributed by atoms with Crippen LogP contribution in [0, 0.1) is 0 Å². The molecule has 45 heavy (non-hydrogen) atoms. The van der Waals surface area contributed by atoms with Gasteiger partial charge in [0.2, 0.25) is 0 Å². The molecule has 0 spiro atoms. The van der Waals surface area contributed by atoms with E-state index in [1.807, 2.05) is 48.5 Å². The second-order valence-corrected chi connectivity index (χ2v) is 11.1. The van der Waals surface area contributed by atoms with Crippen LogP contribution >= 0.6 is 0 Å². The Kier molecular flexibility index (Phi) is 5.74. The number of aromatic nitrogens is 3. The zero-order valence-electron chi connectivity index (χ0n) is 24.2. The molecule has 5 nitrogen and oxygen atoms in total. The van der Waals surface area contributed by atoms with Gasteiger partial charge in [-0.2, -0.15) is 0 Å². The molecule has 0 aliphatic rings. The van der Waals surface area contributed by atoms with Gasteiger partial charge in [-0.1, -0.05) is 103 Å². The van der Waals surface area contributed by atoms with Crippen LogP contribution in [-0.4, -0.2) is 9.55 Å². The minimum absolute atomic E-state index is 0.551. The van der Waals surface area contributed by atoms with Crippen molar-refractivity contribution in [3.8, 4) is 45.3 Å². The van der Waals surface area contributed by atoms with Gasteiger partial charge in [-0.3, -0.25) is 0 Å². The van der Waals surface area contributed by atoms with Crippen LogP contribution in [0.25, 0.3) is 78.1 Å². The molecule has 9 rings (SSSR count). The summed E-state index contributed by atoms with van der Waals surface area (Å²) >= 11 is 0. The molecule has 3 aromatic heterocycles. The normalized spacial score (nSPS) is 11.6. The second-order valence-electron chi connectivity index (χ2n) is 11.1. The Labute approximate surface area is 258 Å². The minimum Gasteiger partial charge on any atom is -0.455 e. The molecule has 0 amide bonds. The topological polar surface area (TPSA) is 48.0 Å². The van der Waals surface area contributed by atoms with E-state index < -0.39 is 0 Å². The average Bonchev–Trinajstić information content (AvgIpc) is 3.84. The molecule has 5 heteroatoms. The Morgan fingerprint density at radius 1 is 0.556 bits per heavy atom. The van der Waals surface area contributed by atoms with Crippen LogP contribution in [-0.2, 0) is 0 Å². The van der Waals surface area contributed by atoms with Gasteiger partial charge in [-0.25, -0.2) is 4.52 Å². The van der Waals surface area contributed by atoms with Crippen molar-refractivity contribution in [3.05, 3.63) is 158 Å². The predicted octanol–water partition coefficient (Wildman–Crippen LogP) is 9.80. The van der Waals surface area contributed by atoms with Gasteiger partial charge in [0.1, 0.15) is 11.3 Å². The third-order valence-corrected chi connectivity index (χ3v) is 8.42. The van der Waals surface area contributed by atoms with E-state index in [2.05, 4.69) is 113 Å². The van der Waals surface area contributed by atoms with Crippen LogP contribution in [0.1, 0.15) is 0 Å². The van der Waals surface area contributed by atoms with Gasteiger partial charge in [0.15, 0.2) is 5.69 Å². The number of hydrogen-bond donors (Lipinski definition) is 0. The van der Waals surface area contributed by atoms with Gasteiger partial charge in [-0.05, 0) is 63.8 Å². The van der Waals surface area contributed by atoms with Gasteiger partial charge in [0, 0.05) is 27.6 Å². The smallest absolute Gasteiger partial charge is 0.384 e. The fourth-order valence-electron chi connectivity index (χ4n) is 6.41. The van der Waals surface area contributed by atoms with E-state index >= 15 is 0 Å². The van der Waals surface area contributed by atoms with Crippen LogP contribution < -0.4 is 4.74 Å². The summed E-state index contributed by atoms with van der Waals surface area (Å²) in [7, 11) is 0. The Bertz CT molecular complexity index is 2470. The fourth-order valence-corrected chi connectivity index (χ4v) is 6.41. The van der Waals surface area contributed by atoms with Gasteiger partial charge in [0.05, 0.1) is 22.0 Å². The minimum atomic E-state index is 0.551. The Hall–Kier alpha value is -6.20. The molecule has 0 aliphatic carbocycles. The van der Waals surface area contributed by atoms with E-state index in [4.69, 9.17) is 8.94 Å². The fraction of sp³-hybridized carbons (Fsp3) is 0. The first kappa shape index (κ1) is 25.3. The van der Waals surface area contributed by atoms with Crippen molar-refractivity contribution in [2.24, 2.45) is 0 Å². The average molecular weight is 581 g/mol. The molecule has 6 aromatic carbocycles. The zero-order chi connectivity index (χ0) is 29.7. The molecule has 0 bridgehead atoms. The molecule has 0 radical (unpaired) electrons. The molecule has 3 heterocycles. The first-order valence-corrected chi connectivity index (χ1v) is 15.0. The number of para-hydroxylation sites is 2. The lowest BCUT2D eigenvalue weighted by Gasteiger charge is -2.08. The lowest BCUT2D eigenvalue weighted by Crippen LogP contribution is -2.26. The van der Waals surface area contributed by atoms with Crippen LogP contribution in [0.3, 0.4) is 0 Å². The molecular weight excluding hydrogens is 554 g/mol. The van der Waals surface area contributed by atoms with E-state index in [1.54, 1.807) is 11.1 Å². The van der Waals surface area contributed by atoms with Crippen LogP contribution in [0.4, 0.5) is 0 Å². The molecular formula is C40H26N3O2+. The van der Waals surface area contributed by atoms with Gasteiger partial charge < -0.3 is 8.98 Å². The van der Waals surface area contributed by atoms with Gasteiger partial charge >= 0.3 is 12.2 Å². The van der Waals surface area contributed by atoms with Crippen LogP contribution in [0.5, 0.6) is 0 Å². The first-order valence-electron chi connectivity index (χ1n) is 15.0. The van der Waals surface area contributed by atoms with Crippen molar-refractivity contribution in [1.82, 2.24) is 9.55 Å². The third-order valence-electron chi connectivity index (χ3n) is 8.42. The first-order chi connectivity index (χ1) is 22.3. The second kappa shape index (κ2) is 10.2. The molecule has 9 aromatic rings. The lowest BCUT2D eigenvalue weighted by atomic mass is 9.98. The van der Waals surface area contributed by atoms with Crippen molar-refractivity contribution in [1.29, 1.82) is 0 Å². The summed E-state index contributed by atoms with van der Waals surface area (Å²) in [5.74, 6) is 1.42. The van der Waals surface area contributed by atoms with E-state index in [9.17, 15) is 0 Å². The summed E-state index contributed by atoms with van der Waals surface area (Å²) in [5, 5.41) is 3.31. The van der Waals surface area contributed by atoms with E-state index in [0.29, 0.717) is 5.89 Å². The lowest BCUT2D eigenvalue weighted by molar-refractivity contribution is -0.783. The predicted molar refractivity (Wildman–Crippen MR) is 178 cm³/mol. The van der Waals surface area contributed by atoms with Gasteiger partial charge in [0.25, 0.3) is 0 Å². The summed E-state index contributed by atoms with van der Waals surface area (Å²) in [4.78, 5) is 4.59. The molecule has 0 atom stereocenters. The number of fused-ring (bicyclic) bond motifs is 5. The maximum Gasteiger partial charge on any atom is 0.384 e. The molecule has 0 saturated heterocycles. The third kappa shape index (κ3) is 4.09. The Morgan fingerprint density at radius 3 is 2.04 bits per heavy atom. The van der Waals surface area contributed by atoms with Crippen LogP contribution in [0.15, 0.2) is 167 Å². The largest absolute Gasteiger partial charge is 0.455 e. The van der Waals surface area contributed by atoms with Crippen molar-refractivity contribution < 1.29 is 13.7 Å². The quantitative estimate of drug-likeness (QED) is 0.190. The van der Waals surface area contributed by atoms with Gasteiger partial charge in [-0.15, -0.1) is 0 Å².